The summed E-state index contributed by atoms with van der Waals surface area (Å²) in [4.78, 5) is 33.3. The number of carboxylic acids is 2. The number of amides is 1. The summed E-state index contributed by atoms with van der Waals surface area (Å²) in [6.07, 6.45) is 5.09. The number of carboxylic acid groups (broad SMARTS) is 2. The predicted octanol–water partition coefficient (Wildman–Crippen LogP) is 1.39. The highest BCUT2D eigenvalue weighted by Crippen LogP contribution is 2.23. The Bertz CT molecular complexity index is 336. The molecule has 0 aromatic heterocycles. The lowest BCUT2D eigenvalue weighted by Crippen LogP contribution is -2.44. The van der Waals surface area contributed by atoms with Gasteiger partial charge >= 0.3 is 11.9 Å². The first-order valence-corrected chi connectivity index (χ1v) is 6.75. The van der Waals surface area contributed by atoms with Crippen LogP contribution in [0.15, 0.2) is 0 Å². The van der Waals surface area contributed by atoms with E-state index in [0.29, 0.717) is 0 Å². The second kappa shape index (κ2) is 7.76. The number of hydrogen-bond acceptors (Lipinski definition) is 3. The van der Waals surface area contributed by atoms with E-state index >= 15 is 0 Å². The minimum absolute atomic E-state index is 0.0803. The summed E-state index contributed by atoms with van der Waals surface area (Å²) in [5, 5.41) is 20.1. The maximum absolute atomic E-state index is 11.9. The van der Waals surface area contributed by atoms with Gasteiger partial charge in [0.25, 0.3) is 0 Å². The lowest BCUT2D eigenvalue weighted by molar-refractivity contribution is -0.143. The molecule has 0 aliphatic heterocycles. The van der Waals surface area contributed by atoms with E-state index in [1.54, 1.807) is 0 Å². The molecule has 19 heavy (non-hydrogen) atoms. The average Bonchev–Trinajstić information content (AvgIpc) is 2.37. The standard InChI is InChI=1S/C13H21NO5/c15-11(16)8-4-7-10(13(18)19)14-12(17)9-5-2-1-3-6-9/h9-10H,1-8H2,(H,14,17)(H,15,16)(H,18,19). The highest BCUT2D eigenvalue weighted by molar-refractivity contribution is 5.85. The molecule has 0 bridgehead atoms. The maximum Gasteiger partial charge on any atom is 0.326 e. The predicted molar refractivity (Wildman–Crippen MR) is 67.6 cm³/mol. The second-order valence-electron chi connectivity index (χ2n) is 5.02. The summed E-state index contributed by atoms with van der Waals surface area (Å²) in [5.74, 6) is -2.35. The number of rotatable bonds is 7. The molecule has 3 N–H and O–H groups in total. The van der Waals surface area contributed by atoms with Crippen LogP contribution < -0.4 is 5.32 Å². The Morgan fingerprint density at radius 3 is 2.26 bits per heavy atom. The fourth-order valence-electron chi connectivity index (χ4n) is 2.37. The maximum atomic E-state index is 11.9. The molecule has 108 valence electrons. The number of aliphatic carboxylic acids is 2. The molecule has 0 heterocycles. The van der Waals surface area contributed by atoms with Gasteiger partial charge in [-0.05, 0) is 25.7 Å². The minimum Gasteiger partial charge on any atom is -0.481 e. The summed E-state index contributed by atoms with van der Waals surface area (Å²) in [7, 11) is 0. The van der Waals surface area contributed by atoms with Crippen molar-refractivity contribution in [3.8, 4) is 0 Å². The van der Waals surface area contributed by atoms with Gasteiger partial charge in [-0.1, -0.05) is 19.3 Å². The Kier molecular flexibility index (Phi) is 6.32. The van der Waals surface area contributed by atoms with Crippen molar-refractivity contribution in [2.24, 2.45) is 5.92 Å². The van der Waals surface area contributed by atoms with Crippen molar-refractivity contribution in [1.29, 1.82) is 0 Å². The molecule has 0 saturated heterocycles. The van der Waals surface area contributed by atoms with E-state index in [0.717, 1.165) is 32.1 Å². The molecule has 1 saturated carbocycles. The van der Waals surface area contributed by atoms with Crippen LogP contribution in [0, 0.1) is 5.92 Å². The van der Waals surface area contributed by atoms with Crippen LogP contribution in [0.4, 0.5) is 0 Å². The minimum atomic E-state index is -1.10. The van der Waals surface area contributed by atoms with Crippen molar-refractivity contribution in [2.75, 3.05) is 0 Å². The molecule has 6 heteroatoms. The first-order valence-electron chi connectivity index (χ1n) is 6.75. The zero-order valence-electron chi connectivity index (χ0n) is 10.9. The SMILES string of the molecule is O=C(O)CCCC(NC(=O)C1CCCCC1)C(=O)O. The summed E-state index contributed by atoms with van der Waals surface area (Å²) in [5.41, 5.74) is 0. The molecule has 1 aliphatic rings. The van der Waals surface area contributed by atoms with Crippen molar-refractivity contribution >= 4 is 17.8 Å². The van der Waals surface area contributed by atoms with E-state index in [1.807, 2.05) is 0 Å². The Hall–Kier alpha value is -1.59. The van der Waals surface area contributed by atoms with Gasteiger partial charge in [0.1, 0.15) is 6.04 Å². The molecule has 1 fully saturated rings. The summed E-state index contributed by atoms with van der Waals surface area (Å²) in [6, 6.07) is -0.978. The molecule has 1 aliphatic carbocycles. The number of nitrogens with one attached hydrogen (secondary N) is 1. The van der Waals surface area contributed by atoms with Crippen LogP contribution >= 0.6 is 0 Å². The summed E-state index contributed by atoms with van der Waals surface area (Å²) in [6.45, 7) is 0. The molecule has 1 unspecified atom stereocenters. The van der Waals surface area contributed by atoms with Gasteiger partial charge in [-0.2, -0.15) is 0 Å². The Morgan fingerprint density at radius 1 is 1.11 bits per heavy atom. The fraction of sp³-hybridized carbons (Fsp3) is 0.769. The average molecular weight is 271 g/mol. The number of carbonyl (C=O) groups excluding carboxylic acids is 1. The normalized spacial score (nSPS) is 17.7. The van der Waals surface area contributed by atoms with Crippen LogP contribution in [0.2, 0.25) is 0 Å². The smallest absolute Gasteiger partial charge is 0.326 e. The lowest BCUT2D eigenvalue weighted by Gasteiger charge is -2.23. The monoisotopic (exact) mass is 271 g/mol. The molecule has 0 spiro atoms. The van der Waals surface area contributed by atoms with E-state index in [2.05, 4.69) is 5.32 Å². The van der Waals surface area contributed by atoms with Crippen LogP contribution in [-0.4, -0.2) is 34.1 Å². The lowest BCUT2D eigenvalue weighted by atomic mass is 9.88. The zero-order valence-corrected chi connectivity index (χ0v) is 10.9. The molecular weight excluding hydrogens is 250 g/mol. The largest absolute Gasteiger partial charge is 0.481 e. The molecule has 1 atom stereocenters. The third-order valence-corrected chi connectivity index (χ3v) is 3.47. The number of hydrogen-bond donors (Lipinski definition) is 3. The van der Waals surface area contributed by atoms with E-state index in [4.69, 9.17) is 10.2 Å². The molecule has 1 amide bonds. The number of carbonyl (C=O) groups is 3. The van der Waals surface area contributed by atoms with Gasteiger partial charge in [0.15, 0.2) is 0 Å². The van der Waals surface area contributed by atoms with Crippen molar-refractivity contribution in [1.82, 2.24) is 5.32 Å². The molecule has 1 rings (SSSR count). The summed E-state index contributed by atoms with van der Waals surface area (Å²) >= 11 is 0. The highest BCUT2D eigenvalue weighted by atomic mass is 16.4. The zero-order chi connectivity index (χ0) is 14.3. The van der Waals surface area contributed by atoms with Crippen LogP contribution in [0.25, 0.3) is 0 Å². The van der Waals surface area contributed by atoms with Crippen LogP contribution in [0.3, 0.4) is 0 Å². The van der Waals surface area contributed by atoms with Gasteiger partial charge in [0, 0.05) is 12.3 Å². The van der Waals surface area contributed by atoms with Crippen LogP contribution in [0.5, 0.6) is 0 Å². The van der Waals surface area contributed by atoms with Crippen molar-refractivity contribution in [2.45, 2.75) is 57.4 Å². The van der Waals surface area contributed by atoms with Crippen LogP contribution in [-0.2, 0) is 14.4 Å². The quantitative estimate of drug-likeness (QED) is 0.649. The van der Waals surface area contributed by atoms with E-state index in [9.17, 15) is 14.4 Å². The third-order valence-electron chi connectivity index (χ3n) is 3.47. The van der Waals surface area contributed by atoms with Gasteiger partial charge in [0.05, 0.1) is 0 Å². The molecule has 0 radical (unpaired) electrons. The first-order chi connectivity index (χ1) is 9.00. The highest BCUT2D eigenvalue weighted by Gasteiger charge is 2.26. The topological polar surface area (TPSA) is 104 Å². The van der Waals surface area contributed by atoms with Gasteiger partial charge in [-0.3, -0.25) is 9.59 Å². The van der Waals surface area contributed by atoms with Gasteiger partial charge in [-0.25, -0.2) is 4.79 Å². The van der Waals surface area contributed by atoms with Crippen molar-refractivity contribution < 1.29 is 24.6 Å². The molecular formula is C13H21NO5. The van der Waals surface area contributed by atoms with Crippen molar-refractivity contribution in [3.63, 3.8) is 0 Å². The van der Waals surface area contributed by atoms with E-state index in [-0.39, 0.29) is 31.1 Å². The second-order valence-corrected chi connectivity index (χ2v) is 5.02. The molecule has 0 aromatic carbocycles. The Balaban J connectivity index is 2.41. The Labute approximate surface area is 112 Å². The Morgan fingerprint density at radius 2 is 1.74 bits per heavy atom. The molecule has 0 aromatic rings. The van der Waals surface area contributed by atoms with Gasteiger partial charge < -0.3 is 15.5 Å². The van der Waals surface area contributed by atoms with E-state index in [1.165, 1.54) is 0 Å². The molecule has 6 nitrogen and oxygen atoms in total. The first kappa shape index (κ1) is 15.5. The van der Waals surface area contributed by atoms with E-state index < -0.39 is 18.0 Å². The van der Waals surface area contributed by atoms with Gasteiger partial charge in [0.2, 0.25) is 5.91 Å². The van der Waals surface area contributed by atoms with Crippen LogP contribution in [0.1, 0.15) is 51.4 Å². The third kappa shape index (κ3) is 5.72. The van der Waals surface area contributed by atoms with Gasteiger partial charge in [-0.15, -0.1) is 0 Å². The van der Waals surface area contributed by atoms with Crippen molar-refractivity contribution in [3.05, 3.63) is 0 Å². The summed E-state index contributed by atoms with van der Waals surface area (Å²) < 4.78 is 0. The fourth-order valence-corrected chi connectivity index (χ4v) is 2.37.